The van der Waals surface area contributed by atoms with Crippen molar-refractivity contribution in [2.75, 3.05) is 12.4 Å². The quantitative estimate of drug-likeness (QED) is 0.561. The molecule has 0 bridgehead atoms. The van der Waals surface area contributed by atoms with Crippen LogP contribution in [0.2, 0.25) is 5.02 Å². The zero-order chi connectivity index (χ0) is 19.0. The summed E-state index contributed by atoms with van der Waals surface area (Å²) >= 11 is 6.09. The summed E-state index contributed by atoms with van der Waals surface area (Å²) in [5.41, 5.74) is 2.98. The van der Waals surface area contributed by atoms with E-state index < -0.39 is 0 Å². The molecule has 1 amide bonds. The fourth-order valence-corrected chi connectivity index (χ4v) is 3.08. The van der Waals surface area contributed by atoms with Gasteiger partial charge in [-0.2, -0.15) is 5.10 Å². The Balaban J connectivity index is 1.59. The first kappa shape index (κ1) is 17.1. The van der Waals surface area contributed by atoms with Crippen molar-refractivity contribution in [3.05, 3.63) is 59.1 Å². The maximum Gasteiger partial charge on any atom is 0.256 e. The molecule has 0 unspecified atom stereocenters. The fourth-order valence-electron chi connectivity index (χ4n) is 2.82. The average Bonchev–Trinajstić information content (AvgIpc) is 3.24. The van der Waals surface area contributed by atoms with Crippen molar-refractivity contribution in [1.82, 2.24) is 19.7 Å². The van der Waals surface area contributed by atoms with Crippen LogP contribution >= 0.6 is 11.6 Å². The number of imidazole rings is 1. The van der Waals surface area contributed by atoms with E-state index in [1.165, 1.54) is 7.11 Å². The molecule has 7 nitrogen and oxygen atoms in total. The lowest BCUT2D eigenvalue weighted by Crippen LogP contribution is -2.12. The number of carbonyl (C=O) groups is 1. The zero-order valence-corrected chi connectivity index (χ0v) is 15.4. The van der Waals surface area contributed by atoms with Gasteiger partial charge in [0.15, 0.2) is 11.6 Å². The van der Waals surface area contributed by atoms with Crippen molar-refractivity contribution < 1.29 is 9.53 Å². The third kappa shape index (κ3) is 3.24. The van der Waals surface area contributed by atoms with Gasteiger partial charge in [-0.25, -0.2) is 4.98 Å². The van der Waals surface area contributed by atoms with E-state index in [-0.39, 0.29) is 5.91 Å². The number of aryl methyl sites for hydroxylation is 1. The number of H-pyrrole nitrogens is 1. The summed E-state index contributed by atoms with van der Waals surface area (Å²) in [4.78, 5) is 20.3. The van der Waals surface area contributed by atoms with Gasteiger partial charge in [0.05, 0.1) is 23.2 Å². The van der Waals surface area contributed by atoms with Gasteiger partial charge < -0.3 is 15.0 Å². The van der Waals surface area contributed by atoms with Crippen LogP contribution < -0.4 is 10.1 Å². The van der Waals surface area contributed by atoms with Crippen LogP contribution in [0.3, 0.4) is 0 Å². The van der Waals surface area contributed by atoms with Crippen molar-refractivity contribution in [1.29, 1.82) is 0 Å². The monoisotopic (exact) mass is 381 g/mol. The van der Waals surface area contributed by atoms with E-state index in [1.807, 2.05) is 24.3 Å². The standard InChI is InChI=1S/C19H16ClN5O2/c1-25-15(18-21-13-5-3-4-6-14(13)22-18)10-17(24-25)23-19(26)11-7-8-16(27-2)12(20)9-11/h3-10H,1-2H3,(H,21,22)(H,23,24,26). The molecule has 2 heterocycles. The van der Waals surface area contributed by atoms with E-state index in [4.69, 9.17) is 16.3 Å². The van der Waals surface area contributed by atoms with Crippen molar-refractivity contribution in [2.45, 2.75) is 0 Å². The number of nitrogens with one attached hydrogen (secondary N) is 2. The van der Waals surface area contributed by atoms with E-state index in [1.54, 1.807) is 36.0 Å². The highest BCUT2D eigenvalue weighted by Gasteiger charge is 2.15. The smallest absolute Gasteiger partial charge is 0.256 e. The van der Waals surface area contributed by atoms with Gasteiger partial charge >= 0.3 is 0 Å². The third-order valence-corrected chi connectivity index (χ3v) is 4.46. The maximum atomic E-state index is 12.5. The van der Waals surface area contributed by atoms with Gasteiger partial charge in [-0.15, -0.1) is 0 Å². The molecule has 2 N–H and O–H groups in total. The molecule has 0 aliphatic rings. The Morgan fingerprint density at radius 2 is 2.04 bits per heavy atom. The number of para-hydroxylation sites is 2. The number of halogens is 1. The highest BCUT2D eigenvalue weighted by Crippen LogP contribution is 2.26. The second-order valence-corrected chi connectivity index (χ2v) is 6.35. The predicted octanol–water partition coefficient (Wildman–Crippen LogP) is 3.88. The lowest BCUT2D eigenvalue weighted by Gasteiger charge is -2.05. The van der Waals surface area contributed by atoms with Gasteiger partial charge in [0.2, 0.25) is 0 Å². The van der Waals surface area contributed by atoms with E-state index in [9.17, 15) is 4.79 Å². The molecule has 2 aromatic heterocycles. The number of ether oxygens (including phenoxy) is 1. The third-order valence-electron chi connectivity index (χ3n) is 4.17. The lowest BCUT2D eigenvalue weighted by atomic mass is 10.2. The van der Waals surface area contributed by atoms with Gasteiger partial charge in [0.25, 0.3) is 5.91 Å². The molecule has 0 radical (unpaired) electrons. The second-order valence-electron chi connectivity index (χ2n) is 5.94. The van der Waals surface area contributed by atoms with Crippen molar-refractivity contribution in [3.8, 4) is 17.3 Å². The summed E-state index contributed by atoms with van der Waals surface area (Å²) < 4.78 is 6.76. The first-order valence-corrected chi connectivity index (χ1v) is 8.57. The molecule has 0 saturated carbocycles. The SMILES string of the molecule is COc1ccc(C(=O)Nc2cc(-c3nc4ccccc4[nH]3)n(C)n2)cc1Cl. The molecule has 0 aliphatic carbocycles. The topological polar surface area (TPSA) is 84.8 Å². The highest BCUT2D eigenvalue weighted by atomic mass is 35.5. The van der Waals surface area contributed by atoms with Gasteiger partial charge in [-0.1, -0.05) is 23.7 Å². The van der Waals surface area contributed by atoms with E-state index in [2.05, 4.69) is 20.4 Å². The largest absolute Gasteiger partial charge is 0.495 e. The number of benzene rings is 2. The Bertz CT molecular complexity index is 1120. The molecule has 4 aromatic rings. The highest BCUT2D eigenvalue weighted by molar-refractivity contribution is 6.32. The predicted molar refractivity (Wildman–Crippen MR) is 104 cm³/mol. The molecular weight excluding hydrogens is 366 g/mol. The van der Waals surface area contributed by atoms with Crippen LogP contribution in [0.15, 0.2) is 48.5 Å². The first-order valence-electron chi connectivity index (χ1n) is 8.19. The van der Waals surface area contributed by atoms with Crippen LogP contribution in [0.4, 0.5) is 5.82 Å². The first-order chi connectivity index (χ1) is 13.0. The van der Waals surface area contributed by atoms with E-state index in [0.717, 1.165) is 16.7 Å². The Morgan fingerprint density at radius 1 is 1.22 bits per heavy atom. The molecule has 8 heteroatoms. The number of aromatic amines is 1. The lowest BCUT2D eigenvalue weighted by molar-refractivity contribution is 0.102. The molecular formula is C19H16ClN5O2. The summed E-state index contributed by atoms with van der Waals surface area (Å²) in [5, 5.41) is 7.49. The molecule has 0 spiro atoms. The molecule has 27 heavy (non-hydrogen) atoms. The van der Waals surface area contributed by atoms with Crippen molar-refractivity contribution in [2.24, 2.45) is 7.05 Å². The summed E-state index contributed by atoms with van der Waals surface area (Å²) in [6, 6.07) is 14.4. The molecule has 0 atom stereocenters. The number of aromatic nitrogens is 4. The molecule has 136 valence electrons. The second kappa shape index (κ2) is 6.77. The van der Waals surface area contributed by atoms with Crippen LogP contribution in [0, 0.1) is 0 Å². The average molecular weight is 382 g/mol. The molecule has 4 rings (SSSR count). The number of nitrogens with zero attached hydrogens (tertiary/aromatic N) is 3. The fraction of sp³-hybridized carbons (Fsp3) is 0.105. The van der Waals surface area contributed by atoms with Gasteiger partial charge in [-0.05, 0) is 30.3 Å². The molecule has 0 aliphatic heterocycles. The number of methoxy groups -OCH3 is 1. The number of hydrogen-bond donors (Lipinski definition) is 2. The minimum Gasteiger partial charge on any atom is -0.495 e. The molecule has 0 saturated heterocycles. The minimum absolute atomic E-state index is 0.311. The number of amides is 1. The normalized spacial score (nSPS) is 10.9. The van der Waals surface area contributed by atoms with Gasteiger partial charge in [-0.3, -0.25) is 9.48 Å². The van der Waals surface area contributed by atoms with Crippen LogP contribution in [0.25, 0.3) is 22.6 Å². The Hall–Kier alpha value is -3.32. The van der Waals surface area contributed by atoms with E-state index in [0.29, 0.717) is 28.0 Å². The van der Waals surface area contributed by atoms with Crippen molar-refractivity contribution in [3.63, 3.8) is 0 Å². The number of rotatable bonds is 4. The Kier molecular flexibility index (Phi) is 4.29. The Morgan fingerprint density at radius 3 is 2.78 bits per heavy atom. The zero-order valence-electron chi connectivity index (χ0n) is 14.7. The molecule has 2 aromatic carbocycles. The Labute approximate surface area is 159 Å². The minimum atomic E-state index is -0.311. The van der Waals surface area contributed by atoms with E-state index >= 15 is 0 Å². The van der Waals surface area contributed by atoms with Crippen LogP contribution in [-0.4, -0.2) is 32.8 Å². The molecule has 0 fully saturated rings. The maximum absolute atomic E-state index is 12.5. The van der Waals surface area contributed by atoms with Crippen LogP contribution in [0.5, 0.6) is 5.75 Å². The summed E-state index contributed by atoms with van der Waals surface area (Å²) in [6.45, 7) is 0. The van der Waals surface area contributed by atoms with Crippen molar-refractivity contribution >= 4 is 34.4 Å². The van der Waals surface area contributed by atoms with Gasteiger partial charge in [0.1, 0.15) is 11.4 Å². The summed E-state index contributed by atoms with van der Waals surface area (Å²) in [6.07, 6.45) is 0. The number of anilines is 1. The van der Waals surface area contributed by atoms with Crippen LogP contribution in [-0.2, 0) is 7.05 Å². The number of fused-ring (bicyclic) bond motifs is 1. The summed E-state index contributed by atoms with van der Waals surface area (Å²) in [7, 11) is 3.32. The number of carbonyl (C=O) groups excluding carboxylic acids is 1. The number of hydrogen-bond acceptors (Lipinski definition) is 4. The van der Waals surface area contributed by atoms with Crippen LogP contribution in [0.1, 0.15) is 10.4 Å². The van der Waals surface area contributed by atoms with Gasteiger partial charge in [0, 0.05) is 18.7 Å². The summed E-state index contributed by atoms with van der Waals surface area (Å²) in [5.74, 6) is 1.30.